The van der Waals surface area contributed by atoms with Crippen LogP contribution in [0.3, 0.4) is 0 Å². The molecule has 1 atom stereocenters. The smallest absolute Gasteiger partial charge is 0.265 e. The first-order valence-electron chi connectivity index (χ1n) is 7.26. The summed E-state index contributed by atoms with van der Waals surface area (Å²) >= 11 is 1.30. The molecule has 124 valence electrons. The quantitative estimate of drug-likeness (QED) is 0.788. The minimum absolute atomic E-state index is 0.145. The molecule has 1 aromatic carbocycles. The first kappa shape index (κ1) is 16.0. The molecule has 0 saturated carbocycles. The highest BCUT2D eigenvalue weighted by Crippen LogP contribution is 2.32. The average Bonchev–Trinajstić information content (AvgIpc) is 3.08. The number of rotatable bonds is 4. The Morgan fingerprint density at radius 1 is 1.33 bits per heavy atom. The minimum Gasteiger partial charge on any atom is -0.479 e. The summed E-state index contributed by atoms with van der Waals surface area (Å²) in [6.45, 7) is 1.51. The van der Waals surface area contributed by atoms with Crippen molar-refractivity contribution in [3.05, 3.63) is 40.6 Å². The fourth-order valence-electron chi connectivity index (χ4n) is 2.15. The van der Waals surface area contributed by atoms with Gasteiger partial charge in [0.1, 0.15) is 5.75 Å². The lowest BCUT2D eigenvalue weighted by Crippen LogP contribution is -2.34. The second-order valence-corrected chi connectivity index (χ2v) is 6.12. The second-order valence-electron chi connectivity index (χ2n) is 5.17. The highest BCUT2D eigenvalue weighted by Gasteiger charge is 2.23. The van der Waals surface area contributed by atoms with Gasteiger partial charge in [-0.05, 0) is 36.6 Å². The van der Waals surface area contributed by atoms with Gasteiger partial charge >= 0.3 is 0 Å². The van der Waals surface area contributed by atoms with Crippen LogP contribution in [0.25, 0.3) is 0 Å². The molecule has 8 heteroatoms. The van der Waals surface area contributed by atoms with Gasteiger partial charge in [0.15, 0.2) is 6.10 Å². The Kier molecular flexibility index (Phi) is 4.48. The zero-order valence-electron chi connectivity index (χ0n) is 12.8. The number of hydrogen-bond donors (Lipinski definition) is 3. The van der Waals surface area contributed by atoms with E-state index in [2.05, 4.69) is 16.0 Å². The van der Waals surface area contributed by atoms with Crippen molar-refractivity contribution in [2.75, 3.05) is 17.2 Å². The van der Waals surface area contributed by atoms with Crippen molar-refractivity contribution in [2.45, 2.75) is 13.0 Å². The third kappa shape index (κ3) is 3.54. The topological polar surface area (TPSA) is 96.5 Å². The molecule has 0 saturated heterocycles. The number of fused-ring (bicyclic) bond motifs is 1. The summed E-state index contributed by atoms with van der Waals surface area (Å²) in [4.78, 5) is 35.9. The first-order chi connectivity index (χ1) is 11.5. The van der Waals surface area contributed by atoms with Crippen LogP contribution in [0.15, 0.2) is 35.7 Å². The van der Waals surface area contributed by atoms with Gasteiger partial charge in [0.05, 0.1) is 17.1 Å². The average molecular weight is 345 g/mol. The van der Waals surface area contributed by atoms with Crippen molar-refractivity contribution in [3.63, 3.8) is 0 Å². The van der Waals surface area contributed by atoms with E-state index in [0.29, 0.717) is 22.0 Å². The maximum absolute atomic E-state index is 11.9. The van der Waals surface area contributed by atoms with Crippen LogP contribution < -0.4 is 20.7 Å². The summed E-state index contributed by atoms with van der Waals surface area (Å²) in [6, 6.07) is 8.40. The van der Waals surface area contributed by atoms with Crippen LogP contribution in [-0.4, -0.2) is 30.4 Å². The van der Waals surface area contributed by atoms with E-state index in [4.69, 9.17) is 4.74 Å². The number of anilines is 2. The van der Waals surface area contributed by atoms with Crippen LogP contribution in [0.1, 0.15) is 16.6 Å². The van der Waals surface area contributed by atoms with Crippen molar-refractivity contribution in [1.29, 1.82) is 0 Å². The molecule has 1 aliphatic heterocycles. The monoisotopic (exact) mass is 345 g/mol. The predicted octanol–water partition coefficient (Wildman–Crippen LogP) is 1.84. The van der Waals surface area contributed by atoms with Crippen LogP contribution in [-0.2, 0) is 9.59 Å². The highest BCUT2D eigenvalue weighted by atomic mass is 32.1. The molecule has 0 aliphatic carbocycles. The third-order valence-corrected chi connectivity index (χ3v) is 4.22. The van der Waals surface area contributed by atoms with E-state index < -0.39 is 6.10 Å². The molecular weight excluding hydrogens is 330 g/mol. The van der Waals surface area contributed by atoms with Crippen LogP contribution >= 0.6 is 11.3 Å². The predicted molar refractivity (Wildman–Crippen MR) is 90.4 cm³/mol. The number of hydrogen-bond acceptors (Lipinski definition) is 5. The number of nitrogens with one attached hydrogen (secondary N) is 3. The number of benzene rings is 1. The lowest BCUT2D eigenvalue weighted by Gasteiger charge is -2.23. The van der Waals surface area contributed by atoms with Gasteiger partial charge in [0, 0.05) is 5.69 Å². The molecule has 3 amide bonds. The van der Waals surface area contributed by atoms with Gasteiger partial charge < -0.3 is 20.7 Å². The van der Waals surface area contributed by atoms with Crippen molar-refractivity contribution >= 4 is 40.4 Å². The molecule has 2 heterocycles. The van der Waals surface area contributed by atoms with Crippen LogP contribution in [0, 0.1) is 0 Å². The number of carbonyl (C=O) groups is 3. The summed E-state index contributed by atoms with van der Waals surface area (Å²) in [7, 11) is 0. The second kappa shape index (κ2) is 6.71. The SMILES string of the molecule is CC1Oc2ccc(NC(=O)CNC(=O)c3cccs3)cc2NC1=O. The molecule has 0 bridgehead atoms. The van der Waals surface area contributed by atoms with E-state index in [9.17, 15) is 14.4 Å². The maximum atomic E-state index is 11.9. The van der Waals surface area contributed by atoms with Crippen molar-refractivity contribution in [3.8, 4) is 5.75 Å². The van der Waals surface area contributed by atoms with E-state index >= 15 is 0 Å². The standard InChI is InChI=1S/C16H15N3O4S/c1-9-15(21)19-11-7-10(4-5-12(11)23-9)18-14(20)8-17-16(22)13-3-2-6-24-13/h2-7,9H,8H2,1H3,(H,17,22)(H,18,20)(H,19,21). The Morgan fingerprint density at radius 3 is 2.92 bits per heavy atom. The van der Waals surface area contributed by atoms with Gasteiger partial charge in [-0.2, -0.15) is 0 Å². The molecule has 0 fully saturated rings. The molecule has 0 radical (unpaired) electrons. The van der Waals surface area contributed by atoms with Gasteiger partial charge in [0.2, 0.25) is 5.91 Å². The Hall–Kier alpha value is -2.87. The zero-order chi connectivity index (χ0) is 17.1. The van der Waals surface area contributed by atoms with Gasteiger partial charge in [-0.15, -0.1) is 11.3 Å². The van der Waals surface area contributed by atoms with Gasteiger partial charge in [-0.1, -0.05) is 6.07 Å². The van der Waals surface area contributed by atoms with Crippen molar-refractivity contribution < 1.29 is 19.1 Å². The molecule has 0 spiro atoms. The van der Waals surface area contributed by atoms with Crippen molar-refractivity contribution in [1.82, 2.24) is 5.32 Å². The Morgan fingerprint density at radius 2 is 2.17 bits per heavy atom. The van der Waals surface area contributed by atoms with Gasteiger partial charge in [-0.25, -0.2) is 0 Å². The largest absolute Gasteiger partial charge is 0.479 e. The summed E-state index contributed by atoms with van der Waals surface area (Å²) in [5.41, 5.74) is 1.00. The van der Waals surface area contributed by atoms with E-state index in [1.807, 2.05) is 0 Å². The zero-order valence-corrected chi connectivity index (χ0v) is 13.6. The van der Waals surface area contributed by atoms with Gasteiger partial charge in [-0.3, -0.25) is 14.4 Å². The van der Waals surface area contributed by atoms with E-state index in [1.54, 1.807) is 42.6 Å². The molecule has 2 aromatic rings. The number of ether oxygens (including phenoxy) is 1. The molecule has 1 unspecified atom stereocenters. The minimum atomic E-state index is -0.551. The Bertz CT molecular complexity index is 789. The number of carbonyl (C=O) groups excluding carboxylic acids is 3. The van der Waals surface area contributed by atoms with E-state index in [0.717, 1.165) is 0 Å². The fraction of sp³-hybridized carbons (Fsp3) is 0.188. The van der Waals surface area contributed by atoms with Crippen LogP contribution in [0.5, 0.6) is 5.75 Å². The van der Waals surface area contributed by atoms with E-state index in [-0.39, 0.29) is 24.3 Å². The lowest BCUT2D eigenvalue weighted by atomic mass is 10.2. The summed E-state index contributed by atoms with van der Waals surface area (Å²) < 4.78 is 5.44. The highest BCUT2D eigenvalue weighted by molar-refractivity contribution is 7.12. The van der Waals surface area contributed by atoms with Gasteiger partial charge in [0.25, 0.3) is 11.8 Å². The Balaban J connectivity index is 1.58. The molecule has 3 rings (SSSR count). The van der Waals surface area contributed by atoms with Crippen LogP contribution in [0.4, 0.5) is 11.4 Å². The molecule has 1 aromatic heterocycles. The van der Waals surface area contributed by atoms with E-state index in [1.165, 1.54) is 11.3 Å². The van der Waals surface area contributed by atoms with Crippen molar-refractivity contribution in [2.24, 2.45) is 0 Å². The number of amides is 3. The molecule has 1 aliphatic rings. The molecule has 3 N–H and O–H groups in total. The number of thiophene rings is 1. The summed E-state index contributed by atoms with van der Waals surface area (Å²) in [6.07, 6.45) is -0.551. The third-order valence-electron chi connectivity index (χ3n) is 3.35. The normalized spacial score (nSPS) is 15.7. The molecule has 7 nitrogen and oxygen atoms in total. The first-order valence-corrected chi connectivity index (χ1v) is 8.14. The molecule has 24 heavy (non-hydrogen) atoms. The molecular formula is C16H15N3O4S. The maximum Gasteiger partial charge on any atom is 0.265 e. The Labute approximate surface area is 142 Å². The summed E-state index contributed by atoms with van der Waals surface area (Å²) in [5, 5.41) is 9.71. The lowest BCUT2D eigenvalue weighted by molar-refractivity contribution is -0.122. The summed E-state index contributed by atoms with van der Waals surface area (Å²) in [5.74, 6) is -0.350. The fourth-order valence-corrected chi connectivity index (χ4v) is 2.79. The van der Waals surface area contributed by atoms with Crippen LogP contribution in [0.2, 0.25) is 0 Å².